The number of pyridine rings is 1. The minimum Gasteiger partial charge on any atom is -0.369 e. The number of hydrogen-bond acceptors (Lipinski definition) is 4. The van der Waals surface area contributed by atoms with E-state index in [1.54, 1.807) is 0 Å². The number of anilines is 1. The molecule has 1 N–H and O–H groups in total. The molecular formula is C16H27N3O. The molecule has 1 aliphatic heterocycles. The zero-order chi connectivity index (χ0) is 14.8. The molecule has 0 spiro atoms. The van der Waals surface area contributed by atoms with Gasteiger partial charge in [0.2, 0.25) is 0 Å². The minimum absolute atomic E-state index is 0.131. The van der Waals surface area contributed by atoms with Gasteiger partial charge in [0.15, 0.2) is 0 Å². The van der Waals surface area contributed by atoms with Crippen molar-refractivity contribution in [3.63, 3.8) is 0 Å². The van der Waals surface area contributed by atoms with Crippen molar-refractivity contribution in [2.24, 2.45) is 0 Å². The second kappa shape index (κ2) is 6.10. The van der Waals surface area contributed by atoms with Gasteiger partial charge in [-0.1, -0.05) is 13.0 Å². The number of aromatic nitrogens is 1. The zero-order valence-electron chi connectivity index (χ0n) is 13.3. The van der Waals surface area contributed by atoms with Gasteiger partial charge in [0.05, 0.1) is 11.7 Å². The molecule has 1 aromatic heterocycles. The molecule has 1 fully saturated rings. The molecule has 0 aromatic carbocycles. The first-order valence-corrected chi connectivity index (χ1v) is 7.54. The van der Waals surface area contributed by atoms with E-state index < -0.39 is 0 Å². The summed E-state index contributed by atoms with van der Waals surface area (Å²) >= 11 is 0. The topological polar surface area (TPSA) is 37.4 Å². The fourth-order valence-electron chi connectivity index (χ4n) is 3.04. The Morgan fingerprint density at radius 3 is 2.95 bits per heavy atom. The Morgan fingerprint density at radius 1 is 1.55 bits per heavy atom. The van der Waals surface area contributed by atoms with Crippen LogP contribution in [0.3, 0.4) is 0 Å². The van der Waals surface area contributed by atoms with Gasteiger partial charge < -0.3 is 15.0 Å². The minimum atomic E-state index is -0.131. The van der Waals surface area contributed by atoms with Crippen molar-refractivity contribution in [2.75, 3.05) is 24.5 Å². The molecule has 2 atom stereocenters. The predicted molar refractivity (Wildman–Crippen MR) is 83.2 cm³/mol. The van der Waals surface area contributed by atoms with E-state index in [-0.39, 0.29) is 11.7 Å². The zero-order valence-corrected chi connectivity index (χ0v) is 13.3. The van der Waals surface area contributed by atoms with Gasteiger partial charge in [0.1, 0.15) is 5.82 Å². The lowest BCUT2D eigenvalue weighted by molar-refractivity contribution is -0.0752. The van der Waals surface area contributed by atoms with Crippen LogP contribution in [0, 0.1) is 0 Å². The van der Waals surface area contributed by atoms with Crippen molar-refractivity contribution in [3.05, 3.63) is 23.9 Å². The largest absolute Gasteiger partial charge is 0.369 e. The molecule has 0 amide bonds. The highest BCUT2D eigenvalue weighted by atomic mass is 16.5. The summed E-state index contributed by atoms with van der Waals surface area (Å²) in [6.07, 6.45) is 2.10. The summed E-state index contributed by atoms with van der Waals surface area (Å²) in [7, 11) is 0. The lowest BCUT2D eigenvalue weighted by Gasteiger charge is -2.43. The third kappa shape index (κ3) is 3.49. The van der Waals surface area contributed by atoms with E-state index in [4.69, 9.17) is 4.74 Å². The van der Waals surface area contributed by atoms with Crippen LogP contribution in [0.25, 0.3) is 0 Å². The van der Waals surface area contributed by atoms with Gasteiger partial charge >= 0.3 is 0 Å². The van der Waals surface area contributed by atoms with Crippen molar-refractivity contribution < 1.29 is 4.74 Å². The highest BCUT2D eigenvalue weighted by Crippen LogP contribution is 2.29. The molecule has 4 heteroatoms. The summed E-state index contributed by atoms with van der Waals surface area (Å²) in [4.78, 5) is 6.99. The predicted octanol–water partition coefficient (Wildman–Crippen LogP) is 2.76. The maximum Gasteiger partial charge on any atom is 0.133 e. The summed E-state index contributed by atoms with van der Waals surface area (Å²) in [6.45, 7) is 13.5. The van der Waals surface area contributed by atoms with Crippen molar-refractivity contribution >= 4 is 5.82 Å². The van der Waals surface area contributed by atoms with Gasteiger partial charge in [-0.2, -0.15) is 0 Å². The Balaban J connectivity index is 2.28. The quantitative estimate of drug-likeness (QED) is 0.918. The first-order valence-electron chi connectivity index (χ1n) is 7.54. The van der Waals surface area contributed by atoms with Crippen LogP contribution in [0.15, 0.2) is 18.3 Å². The number of ether oxygens (including phenoxy) is 1. The van der Waals surface area contributed by atoms with Crippen LogP contribution < -0.4 is 10.2 Å². The van der Waals surface area contributed by atoms with Gasteiger partial charge in [-0.25, -0.2) is 4.98 Å². The van der Waals surface area contributed by atoms with Crippen molar-refractivity contribution in [2.45, 2.75) is 52.4 Å². The van der Waals surface area contributed by atoms with E-state index in [1.807, 2.05) is 12.3 Å². The van der Waals surface area contributed by atoms with Crippen molar-refractivity contribution in [1.29, 1.82) is 0 Å². The number of rotatable bonds is 4. The van der Waals surface area contributed by atoms with Crippen molar-refractivity contribution in [3.8, 4) is 0 Å². The molecule has 0 radical (unpaired) electrons. The molecule has 0 saturated carbocycles. The van der Waals surface area contributed by atoms with Gasteiger partial charge in [-0.05, 0) is 40.3 Å². The summed E-state index contributed by atoms with van der Waals surface area (Å²) in [5.74, 6) is 1.09. The van der Waals surface area contributed by atoms with Crippen LogP contribution in [-0.2, 0) is 4.74 Å². The highest BCUT2D eigenvalue weighted by Gasteiger charge is 2.33. The molecule has 112 valence electrons. The Hall–Kier alpha value is -1.13. The Kier molecular flexibility index (Phi) is 4.66. The molecule has 2 heterocycles. The molecule has 2 rings (SSSR count). The molecule has 1 aromatic rings. The monoisotopic (exact) mass is 277 g/mol. The van der Waals surface area contributed by atoms with Crippen LogP contribution >= 0.6 is 0 Å². The van der Waals surface area contributed by atoms with E-state index in [0.29, 0.717) is 6.04 Å². The fraction of sp³-hybridized carbons (Fsp3) is 0.688. The Bertz CT molecular complexity index is 447. The second-order valence-corrected chi connectivity index (χ2v) is 6.26. The van der Waals surface area contributed by atoms with Gasteiger partial charge in [-0.15, -0.1) is 0 Å². The van der Waals surface area contributed by atoms with E-state index in [1.165, 1.54) is 5.56 Å². The maximum absolute atomic E-state index is 5.99. The Labute approximate surface area is 122 Å². The average Bonchev–Trinajstić information content (AvgIpc) is 2.36. The molecule has 2 unspecified atom stereocenters. The standard InChI is InChI=1S/C16H27N3O/c1-6-17-13(3)14-8-7-9-18-15(14)19-10-12(2)20-16(4,5)11-19/h7-9,12-13,17H,6,10-11H2,1-5H3. The van der Waals surface area contributed by atoms with E-state index in [2.05, 4.69) is 55.9 Å². The smallest absolute Gasteiger partial charge is 0.133 e. The van der Waals surface area contributed by atoms with E-state index >= 15 is 0 Å². The van der Waals surface area contributed by atoms with Gasteiger partial charge in [0.25, 0.3) is 0 Å². The lowest BCUT2D eigenvalue weighted by Crippen LogP contribution is -2.52. The van der Waals surface area contributed by atoms with Gasteiger partial charge in [-0.3, -0.25) is 0 Å². The summed E-state index contributed by atoms with van der Waals surface area (Å²) in [5.41, 5.74) is 1.13. The van der Waals surface area contributed by atoms with Crippen LogP contribution in [0.4, 0.5) is 5.82 Å². The van der Waals surface area contributed by atoms with Crippen LogP contribution in [0.2, 0.25) is 0 Å². The third-order valence-corrected chi connectivity index (χ3v) is 3.66. The molecule has 20 heavy (non-hydrogen) atoms. The average molecular weight is 277 g/mol. The molecule has 1 aliphatic rings. The highest BCUT2D eigenvalue weighted by molar-refractivity contribution is 5.49. The first kappa shape index (κ1) is 15.3. The van der Waals surface area contributed by atoms with Crippen molar-refractivity contribution in [1.82, 2.24) is 10.3 Å². The number of morpholine rings is 1. The summed E-state index contributed by atoms with van der Waals surface area (Å²) in [6, 6.07) is 4.50. The number of nitrogens with one attached hydrogen (secondary N) is 1. The summed E-state index contributed by atoms with van der Waals surface area (Å²) in [5, 5.41) is 3.48. The normalized spacial score (nSPS) is 23.6. The lowest BCUT2D eigenvalue weighted by atomic mass is 10.0. The second-order valence-electron chi connectivity index (χ2n) is 6.26. The molecule has 0 aliphatic carbocycles. The third-order valence-electron chi connectivity index (χ3n) is 3.66. The van der Waals surface area contributed by atoms with Gasteiger partial charge in [0, 0.05) is 30.9 Å². The molecule has 4 nitrogen and oxygen atoms in total. The summed E-state index contributed by atoms with van der Waals surface area (Å²) < 4.78 is 5.99. The number of nitrogens with zero attached hydrogens (tertiary/aromatic N) is 2. The fourth-order valence-corrected chi connectivity index (χ4v) is 3.04. The van der Waals surface area contributed by atoms with Crippen LogP contribution in [-0.4, -0.2) is 36.3 Å². The molecule has 1 saturated heterocycles. The van der Waals surface area contributed by atoms with Crippen LogP contribution in [0.1, 0.15) is 46.2 Å². The molecule has 0 bridgehead atoms. The first-order chi connectivity index (χ1) is 9.43. The van der Waals surface area contributed by atoms with E-state index in [9.17, 15) is 0 Å². The Morgan fingerprint density at radius 2 is 2.30 bits per heavy atom. The molecular weight excluding hydrogens is 250 g/mol. The van der Waals surface area contributed by atoms with E-state index in [0.717, 1.165) is 25.5 Å². The SMILES string of the molecule is CCNC(C)c1cccnc1N1CC(C)OC(C)(C)C1. The number of hydrogen-bond donors (Lipinski definition) is 1. The van der Waals surface area contributed by atoms with Crippen LogP contribution in [0.5, 0.6) is 0 Å². The maximum atomic E-state index is 5.99.